The molecule has 0 heterocycles. The van der Waals surface area contributed by atoms with Crippen LogP contribution < -0.4 is 16.0 Å². The molecule has 0 aromatic rings. The van der Waals surface area contributed by atoms with Crippen molar-refractivity contribution in [2.24, 2.45) is 23.2 Å². The van der Waals surface area contributed by atoms with E-state index in [-0.39, 0.29) is 24.0 Å². The molecule has 0 saturated heterocycles. The van der Waals surface area contributed by atoms with Crippen LogP contribution in [0.5, 0.6) is 0 Å². The Kier molecular flexibility index (Phi) is 5.50. The lowest BCUT2D eigenvalue weighted by Crippen LogP contribution is -2.99. The summed E-state index contributed by atoms with van der Waals surface area (Å²) in [6, 6.07) is 0.157. The lowest BCUT2D eigenvalue weighted by atomic mass is 9.48. The largest absolute Gasteiger partial charge is 0.335 e. The van der Waals surface area contributed by atoms with Gasteiger partial charge in [0.2, 0.25) is 0 Å². The second kappa shape index (κ2) is 7.73. The maximum absolute atomic E-state index is 12.6. The monoisotopic (exact) mass is 376 g/mol. The minimum Gasteiger partial charge on any atom is -0.335 e. The summed E-state index contributed by atoms with van der Waals surface area (Å²) in [6.45, 7) is 4.26. The second-order valence-electron chi connectivity index (χ2n) is 10.3. The number of carbonyl (C=O) groups is 2. The molecule has 152 valence electrons. The minimum atomic E-state index is -0.311. The minimum absolute atomic E-state index is 0.153. The summed E-state index contributed by atoms with van der Waals surface area (Å²) in [5.41, 5.74) is 0.424. The Labute approximate surface area is 163 Å². The van der Waals surface area contributed by atoms with Crippen molar-refractivity contribution in [3.8, 4) is 0 Å². The molecule has 4 N–H and O–H groups in total. The van der Waals surface area contributed by atoms with Crippen LogP contribution in [0, 0.1) is 23.2 Å². The Bertz CT molecular complexity index is 535. The number of urea groups is 1. The second-order valence-corrected chi connectivity index (χ2v) is 10.3. The Hall–Kier alpha value is -1.10. The highest BCUT2D eigenvalue weighted by molar-refractivity contribution is 5.96. The molecule has 5 heteroatoms. The predicted molar refractivity (Wildman–Crippen MR) is 105 cm³/mol. The van der Waals surface area contributed by atoms with Crippen molar-refractivity contribution in [3.63, 3.8) is 0 Å². The Morgan fingerprint density at radius 3 is 2.04 bits per heavy atom. The van der Waals surface area contributed by atoms with E-state index in [9.17, 15) is 9.59 Å². The third-order valence-corrected chi connectivity index (χ3v) is 8.22. The maximum Gasteiger partial charge on any atom is 0.321 e. The highest BCUT2D eigenvalue weighted by Gasteiger charge is 2.54. The number of hydrogen-bond donors (Lipinski definition) is 3. The van der Waals surface area contributed by atoms with Gasteiger partial charge in [-0.3, -0.25) is 10.1 Å². The van der Waals surface area contributed by atoms with E-state index in [1.165, 1.54) is 57.8 Å². The van der Waals surface area contributed by atoms with Gasteiger partial charge in [-0.25, -0.2) is 4.79 Å². The lowest BCUT2D eigenvalue weighted by molar-refractivity contribution is -0.719. The fourth-order valence-electron chi connectivity index (χ4n) is 7.15. The van der Waals surface area contributed by atoms with E-state index in [1.54, 1.807) is 0 Å². The summed E-state index contributed by atoms with van der Waals surface area (Å²) in [5.74, 6) is 2.63. The summed E-state index contributed by atoms with van der Waals surface area (Å²) >= 11 is 0. The zero-order valence-electron chi connectivity index (χ0n) is 17.1. The van der Waals surface area contributed by atoms with E-state index in [2.05, 4.69) is 22.9 Å². The van der Waals surface area contributed by atoms with Crippen molar-refractivity contribution in [1.29, 1.82) is 0 Å². The molecule has 5 aliphatic rings. The van der Waals surface area contributed by atoms with Gasteiger partial charge in [-0.05, 0) is 83.0 Å². The van der Waals surface area contributed by atoms with Gasteiger partial charge < -0.3 is 10.6 Å². The van der Waals surface area contributed by atoms with Crippen LogP contribution >= 0.6 is 0 Å². The summed E-state index contributed by atoms with van der Waals surface area (Å²) in [5, 5.41) is 7.80. The molecule has 0 unspecified atom stereocenters. The first-order chi connectivity index (χ1) is 12.9. The highest BCUT2D eigenvalue weighted by atomic mass is 16.2. The van der Waals surface area contributed by atoms with Crippen molar-refractivity contribution < 1.29 is 14.9 Å². The molecule has 2 atom stereocenters. The average Bonchev–Trinajstić information content (AvgIpc) is 2.61. The fraction of sp³-hybridized carbons (Fsp3) is 0.909. The molecule has 5 aliphatic carbocycles. The molecule has 5 nitrogen and oxygen atoms in total. The molecule has 0 aromatic carbocycles. The molecule has 27 heavy (non-hydrogen) atoms. The predicted octanol–water partition coefficient (Wildman–Crippen LogP) is 2.70. The van der Waals surface area contributed by atoms with Gasteiger partial charge in [0.05, 0.1) is 6.04 Å². The quantitative estimate of drug-likeness (QED) is 0.690. The third-order valence-electron chi connectivity index (χ3n) is 8.22. The third kappa shape index (κ3) is 4.18. The van der Waals surface area contributed by atoms with E-state index in [0.717, 1.165) is 30.6 Å². The van der Waals surface area contributed by atoms with Crippen molar-refractivity contribution >= 4 is 11.9 Å². The molecule has 5 rings (SSSR count). The average molecular weight is 377 g/mol. The lowest BCUT2D eigenvalue weighted by Gasteiger charge is -2.58. The van der Waals surface area contributed by atoms with E-state index >= 15 is 0 Å². The smallest absolute Gasteiger partial charge is 0.321 e. The van der Waals surface area contributed by atoms with Crippen LogP contribution in [-0.4, -0.2) is 30.1 Å². The van der Waals surface area contributed by atoms with Crippen molar-refractivity contribution in [1.82, 2.24) is 10.6 Å². The molecular formula is C22H38N3O2+. The van der Waals surface area contributed by atoms with Crippen LogP contribution in [0.2, 0.25) is 0 Å². The number of amides is 3. The number of nitrogens with one attached hydrogen (secondary N) is 2. The molecule has 5 fully saturated rings. The van der Waals surface area contributed by atoms with E-state index in [1.807, 2.05) is 6.92 Å². The zero-order chi connectivity index (χ0) is 19.0. The molecule has 0 spiro atoms. The van der Waals surface area contributed by atoms with Gasteiger partial charge in [0, 0.05) is 11.5 Å². The summed E-state index contributed by atoms with van der Waals surface area (Å²) in [4.78, 5) is 24.7. The molecule has 5 saturated carbocycles. The van der Waals surface area contributed by atoms with Crippen molar-refractivity contribution in [3.05, 3.63) is 0 Å². The van der Waals surface area contributed by atoms with E-state index in [0.29, 0.717) is 11.5 Å². The van der Waals surface area contributed by atoms with Crippen LogP contribution in [0.3, 0.4) is 0 Å². The zero-order valence-corrected chi connectivity index (χ0v) is 17.1. The number of hydrogen-bond acceptors (Lipinski definition) is 2. The first-order valence-electron chi connectivity index (χ1n) is 11.4. The van der Waals surface area contributed by atoms with Crippen LogP contribution in [-0.2, 0) is 4.79 Å². The first-order valence-corrected chi connectivity index (χ1v) is 11.4. The van der Waals surface area contributed by atoms with Gasteiger partial charge in [-0.15, -0.1) is 0 Å². The normalized spacial score (nSPS) is 37.6. The van der Waals surface area contributed by atoms with Gasteiger partial charge in [0.1, 0.15) is 0 Å². The van der Waals surface area contributed by atoms with Crippen molar-refractivity contribution in [2.75, 3.05) is 0 Å². The molecule has 0 aliphatic heterocycles. The molecule has 0 aromatic heterocycles. The van der Waals surface area contributed by atoms with Crippen LogP contribution in [0.4, 0.5) is 4.79 Å². The van der Waals surface area contributed by atoms with E-state index < -0.39 is 0 Å². The molecule has 3 amide bonds. The highest BCUT2D eigenvalue weighted by Crippen LogP contribution is 2.60. The molecule has 4 bridgehead atoms. The fourth-order valence-corrected chi connectivity index (χ4v) is 7.15. The molecular weight excluding hydrogens is 338 g/mol. The summed E-state index contributed by atoms with van der Waals surface area (Å²) < 4.78 is 0. The first kappa shape index (κ1) is 19.2. The summed E-state index contributed by atoms with van der Waals surface area (Å²) in [7, 11) is 0. The van der Waals surface area contributed by atoms with Gasteiger partial charge >= 0.3 is 6.03 Å². The van der Waals surface area contributed by atoms with Gasteiger partial charge in [-0.1, -0.05) is 19.3 Å². The molecule has 0 radical (unpaired) electrons. The van der Waals surface area contributed by atoms with Gasteiger partial charge in [-0.2, -0.15) is 0 Å². The maximum atomic E-state index is 12.6. The van der Waals surface area contributed by atoms with Crippen LogP contribution in [0.1, 0.15) is 84.5 Å². The topological polar surface area (TPSA) is 74.8 Å². The number of rotatable bonds is 5. The van der Waals surface area contributed by atoms with Crippen LogP contribution in [0.15, 0.2) is 0 Å². The summed E-state index contributed by atoms with van der Waals surface area (Å²) in [6.07, 6.45) is 14.1. The number of nitrogens with two attached hydrogens (primary N) is 1. The van der Waals surface area contributed by atoms with Gasteiger partial charge in [0.25, 0.3) is 5.91 Å². The standard InChI is InChI=1S/C22H37N3O2/c1-14(20(26)25-21(27)24-19-6-4-3-5-7-19)23-15(2)22-11-16-8-17(12-22)10-18(9-16)13-22/h14-19,23H,3-13H2,1-2H3,(H2,24,25,26,27)/p+1/t14-,15+,16?,17?,18?,22?/m1/s1. The SMILES string of the molecule is C[C@H]([NH2+][C@H](C)C(=O)NC(=O)NC1CCCCC1)C12CC3CC(CC(C3)C1)C2. The number of imide groups is 1. The van der Waals surface area contributed by atoms with Crippen LogP contribution in [0.25, 0.3) is 0 Å². The Morgan fingerprint density at radius 1 is 0.926 bits per heavy atom. The number of carbonyl (C=O) groups excluding carboxylic acids is 2. The number of quaternary nitrogens is 1. The Balaban J connectivity index is 1.27. The van der Waals surface area contributed by atoms with E-state index in [4.69, 9.17) is 0 Å². The van der Waals surface area contributed by atoms with Gasteiger partial charge in [0.15, 0.2) is 6.04 Å². The van der Waals surface area contributed by atoms with Crippen molar-refractivity contribution in [2.45, 2.75) is 103 Å². The Morgan fingerprint density at radius 2 is 1.48 bits per heavy atom.